The molecule has 0 aromatic heterocycles. The number of carbonyl (C=O) groups excluding carboxylic acids is 2. The van der Waals surface area contributed by atoms with Gasteiger partial charge in [-0.1, -0.05) is 6.07 Å². The van der Waals surface area contributed by atoms with E-state index >= 15 is 0 Å². The van der Waals surface area contributed by atoms with Crippen molar-refractivity contribution in [3.63, 3.8) is 0 Å². The minimum Gasteiger partial charge on any atom is -0.465 e. The van der Waals surface area contributed by atoms with E-state index in [1.165, 1.54) is 19.2 Å². The van der Waals surface area contributed by atoms with E-state index in [9.17, 15) is 14.0 Å². The Labute approximate surface area is 163 Å². The van der Waals surface area contributed by atoms with Gasteiger partial charge in [0.05, 0.1) is 25.3 Å². The monoisotopic (exact) mass is 382 g/mol. The van der Waals surface area contributed by atoms with Crippen LogP contribution in [0.5, 0.6) is 0 Å². The predicted molar refractivity (Wildman–Crippen MR) is 104 cm³/mol. The molecule has 1 N–H and O–H groups in total. The quantitative estimate of drug-likeness (QED) is 0.779. The Hall–Kier alpha value is -2.73. The summed E-state index contributed by atoms with van der Waals surface area (Å²) >= 11 is 0. The number of hydrogen-bond acceptors (Lipinski definition) is 5. The summed E-state index contributed by atoms with van der Waals surface area (Å²) in [7, 11) is 1.35. The summed E-state index contributed by atoms with van der Waals surface area (Å²) in [6, 6.07) is 11.5. The molecule has 5 nitrogen and oxygen atoms in total. The lowest BCUT2D eigenvalue weighted by molar-refractivity contribution is -0.120. The molecule has 0 spiro atoms. The molecular formula is C22H23FN2O3. The van der Waals surface area contributed by atoms with Crippen molar-refractivity contribution >= 4 is 17.4 Å². The SMILES string of the molecule is COC(=O)c1ccc2c(c1)C(C(=O)CN(c1ccc(F)cc1)C1CC1)NCC2. The van der Waals surface area contributed by atoms with Crippen molar-refractivity contribution in [2.24, 2.45) is 0 Å². The molecule has 0 radical (unpaired) electrons. The van der Waals surface area contributed by atoms with Gasteiger partial charge in [0, 0.05) is 18.3 Å². The molecule has 4 rings (SSSR count). The molecule has 0 bridgehead atoms. The molecule has 2 aliphatic rings. The fraction of sp³-hybridized carbons (Fsp3) is 0.364. The normalized spacial score (nSPS) is 18.3. The second kappa shape index (κ2) is 7.72. The second-order valence-corrected chi connectivity index (χ2v) is 7.34. The summed E-state index contributed by atoms with van der Waals surface area (Å²) in [6.07, 6.45) is 2.88. The van der Waals surface area contributed by atoms with Crippen LogP contribution in [0, 0.1) is 5.82 Å². The first kappa shape index (κ1) is 18.6. The maximum absolute atomic E-state index is 13.3. The average molecular weight is 382 g/mol. The number of Topliss-reactive ketones (excluding diaryl/α,β-unsaturated/α-hetero) is 1. The van der Waals surface area contributed by atoms with Crippen LogP contribution in [-0.4, -0.2) is 38.0 Å². The number of nitrogens with one attached hydrogen (secondary N) is 1. The Balaban J connectivity index is 1.58. The number of fused-ring (bicyclic) bond motifs is 1. The van der Waals surface area contributed by atoms with Gasteiger partial charge in [-0.25, -0.2) is 9.18 Å². The maximum atomic E-state index is 13.3. The highest BCUT2D eigenvalue weighted by molar-refractivity contribution is 5.93. The molecule has 2 aromatic carbocycles. The molecular weight excluding hydrogens is 359 g/mol. The van der Waals surface area contributed by atoms with E-state index in [1.54, 1.807) is 24.3 Å². The number of hydrogen-bond donors (Lipinski definition) is 1. The third-order valence-corrected chi connectivity index (χ3v) is 5.41. The molecule has 1 heterocycles. The van der Waals surface area contributed by atoms with Gasteiger partial charge in [-0.05, 0) is 66.8 Å². The lowest BCUT2D eigenvalue weighted by Gasteiger charge is -2.30. The van der Waals surface area contributed by atoms with Gasteiger partial charge in [0.25, 0.3) is 0 Å². The Morgan fingerprint density at radius 3 is 2.61 bits per heavy atom. The summed E-state index contributed by atoms with van der Waals surface area (Å²) in [4.78, 5) is 27.2. The van der Waals surface area contributed by atoms with E-state index in [0.717, 1.165) is 36.1 Å². The Morgan fingerprint density at radius 2 is 1.93 bits per heavy atom. The number of ketones is 1. The van der Waals surface area contributed by atoms with Crippen LogP contribution in [0.3, 0.4) is 0 Å². The molecule has 1 aliphatic heterocycles. The molecule has 1 atom stereocenters. The fourth-order valence-electron chi connectivity index (χ4n) is 3.79. The zero-order valence-corrected chi connectivity index (χ0v) is 15.8. The van der Waals surface area contributed by atoms with Crippen LogP contribution in [-0.2, 0) is 16.0 Å². The Kier molecular flexibility index (Phi) is 5.13. The van der Waals surface area contributed by atoms with Crippen molar-refractivity contribution in [2.75, 3.05) is 25.1 Å². The smallest absolute Gasteiger partial charge is 0.337 e. The summed E-state index contributed by atoms with van der Waals surface area (Å²) in [5, 5.41) is 3.30. The number of benzene rings is 2. The lowest BCUT2D eigenvalue weighted by atomic mass is 9.90. The molecule has 1 fully saturated rings. The van der Waals surface area contributed by atoms with E-state index in [2.05, 4.69) is 10.2 Å². The number of anilines is 1. The second-order valence-electron chi connectivity index (χ2n) is 7.34. The molecule has 2 aromatic rings. The number of rotatable bonds is 6. The van der Waals surface area contributed by atoms with Crippen LogP contribution in [0.4, 0.5) is 10.1 Å². The summed E-state index contributed by atoms with van der Waals surface area (Å²) < 4.78 is 18.1. The van der Waals surface area contributed by atoms with Gasteiger partial charge in [-0.15, -0.1) is 0 Å². The van der Waals surface area contributed by atoms with Crippen LogP contribution in [0.25, 0.3) is 0 Å². The van der Waals surface area contributed by atoms with Gasteiger partial charge < -0.3 is 15.0 Å². The van der Waals surface area contributed by atoms with Crippen molar-refractivity contribution < 1.29 is 18.7 Å². The van der Waals surface area contributed by atoms with E-state index < -0.39 is 12.0 Å². The number of halogens is 1. The largest absolute Gasteiger partial charge is 0.465 e. The number of esters is 1. The standard InChI is InChI=1S/C22H23FN2O3/c1-28-22(27)15-3-2-14-10-11-24-21(19(14)12-15)20(26)13-25(18-8-9-18)17-6-4-16(23)5-7-17/h2-7,12,18,21,24H,8-11,13H2,1H3. The molecule has 1 aliphatic carbocycles. The first-order valence-electron chi connectivity index (χ1n) is 9.56. The van der Waals surface area contributed by atoms with Gasteiger partial charge in [-0.3, -0.25) is 4.79 Å². The molecule has 0 amide bonds. The number of methoxy groups -OCH3 is 1. The molecule has 1 saturated carbocycles. The number of carbonyl (C=O) groups is 2. The van der Waals surface area contributed by atoms with Crippen molar-refractivity contribution in [3.05, 3.63) is 65.0 Å². The van der Waals surface area contributed by atoms with Gasteiger partial charge in [0.1, 0.15) is 5.82 Å². The topological polar surface area (TPSA) is 58.6 Å². The first-order valence-corrected chi connectivity index (χ1v) is 9.56. The highest BCUT2D eigenvalue weighted by atomic mass is 19.1. The van der Waals surface area contributed by atoms with E-state index in [0.29, 0.717) is 18.2 Å². The van der Waals surface area contributed by atoms with E-state index in [1.807, 2.05) is 6.07 Å². The maximum Gasteiger partial charge on any atom is 0.337 e. The van der Waals surface area contributed by atoms with Gasteiger partial charge in [0.15, 0.2) is 5.78 Å². The van der Waals surface area contributed by atoms with Crippen LogP contribution in [0.2, 0.25) is 0 Å². The molecule has 0 saturated heterocycles. The lowest BCUT2D eigenvalue weighted by Crippen LogP contribution is -2.41. The van der Waals surface area contributed by atoms with Crippen LogP contribution < -0.4 is 10.2 Å². The van der Waals surface area contributed by atoms with Gasteiger partial charge in [-0.2, -0.15) is 0 Å². The summed E-state index contributed by atoms with van der Waals surface area (Å²) in [5.41, 5.74) is 3.22. The third-order valence-electron chi connectivity index (χ3n) is 5.41. The van der Waals surface area contributed by atoms with Crippen LogP contribution in [0.1, 0.15) is 40.4 Å². The van der Waals surface area contributed by atoms with Crippen molar-refractivity contribution in [1.82, 2.24) is 5.32 Å². The number of nitrogens with zero attached hydrogens (tertiary/aromatic N) is 1. The van der Waals surface area contributed by atoms with E-state index in [-0.39, 0.29) is 18.1 Å². The first-order chi connectivity index (χ1) is 13.6. The Bertz CT molecular complexity index is 893. The number of ether oxygens (including phenoxy) is 1. The molecule has 6 heteroatoms. The van der Waals surface area contributed by atoms with E-state index in [4.69, 9.17) is 4.74 Å². The highest BCUT2D eigenvalue weighted by Crippen LogP contribution is 2.33. The minimum absolute atomic E-state index is 0.0409. The summed E-state index contributed by atoms with van der Waals surface area (Å²) in [5.74, 6) is -0.659. The predicted octanol–water partition coefficient (Wildman–Crippen LogP) is 3.04. The zero-order chi connectivity index (χ0) is 19.7. The molecule has 28 heavy (non-hydrogen) atoms. The van der Waals surface area contributed by atoms with Crippen LogP contribution >= 0.6 is 0 Å². The van der Waals surface area contributed by atoms with Gasteiger partial charge >= 0.3 is 5.97 Å². The minimum atomic E-state index is -0.463. The third kappa shape index (κ3) is 3.78. The van der Waals surface area contributed by atoms with Crippen LogP contribution in [0.15, 0.2) is 42.5 Å². The van der Waals surface area contributed by atoms with Crippen molar-refractivity contribution in [1.29, 1.82) is 0 Å². The average Bonchev–Trinajstić information content (AvgIpc) is 3.56. The van der Waals surface area contributed by atoms with Crippen molar-refractivity contribution in [3.8, 4) is 0 Å². The molecule has 146 valence electrons. The zero-order valence-electron chi connectivity index (χ0n) is 15.8. The molecule has 1 unspecified atom stereocenters. The van der Waals surface area contributed by atoms with Gasteiger partial charge in [0.2, 0.25) is 0 Å². The Morgan fingerprint density at radius 1 is 1.18 bits per heavy atom. The fourth-order valence-corrected chi connectivity index (χ4v) is 3.79. The highest BCUT2D eigenvalue weighted by Gasteiger charge is 2.34. The summed E-state index contributed by atoms with van der Waals surface area (Å²) in [6.45, 7) is 0.955. The van der Waals surface area contributed by atoms with Crippen molar-refractivity contribution in [2.45, 2.75) is 31.3 Å².